The van der Waals surface area contributed by atoms with Gasteiger partial charge in [0.1, 0.15) is 23.2 Å². The number of aromatic nitrogens is 3. The van der Waals surface area contributed by atoms with Crippen LogP contribution in [0.3, 0.4) is 0 Å². The molecule has 0 unspecified atom stereocenters. The number of nitrogens with one attached hydrogen (secondary N) is 1. The van der Waals surface area contributed by atoms with E-state index in [2.05, 4.69) is 20.1 Å². The second-order valence-corrected chi connectivity index (χ2v) is 6.72. The van der Waals surface area contributed by atoms with E-state index in [1.807, 2.05) is 0 Å². The highest BCUT2D eigenvalue weighted by Gasteiger charge is 2.30. The van der Waals surface area contributed by atoms with Crippen LogP contribution in [0.5, 0.6) is 5.75 Å². The Labute approximate surface area is 151 Å². The lowest BCUT2D eigenvalue weighted by molar-refractivity contribution is 0.0705. The van der Waals surface area contributed by atoms with Crippen LogP contribution in [0.25, 0.3) is 0 Å². The van der Waals surface area contributed by atoms with E-state index < -0.39 is 5.82 Å². The van der Waals surface area contributed by atoms with E-state index in [1.165, 1.54) is 19.2 Å². The fraction of sp³-hybridized carbons (Fsp3) is 0.500. The number of nitrogens with zero attached hydrogens (tertiary/aromatic N) is 4. The van der Waals surface area contributed by atoms with Crippen molar-refractivity contribution in [3.63, 3.8) is 0 Å². The van der Waals surface area contributed by atoms with Crippen LogP contribution in [0.4, 0.5) is 4.39 Å². The maximum atomic E-state index is 14.2. The highest BCUT2D eigenvalue weighted by atomic mass is 19.1. The minimum atomic E-state index is -0.546. The molecule has 0 saturated carbocycles. The van der Waals surface area contributed by atoms with Gasteiger partial charge in [-0.1, -0.05) is 0 Å². The molecule has 1 N–H and O–H groups in total. The Hall–Kier alpha value is -2.48. The molecule has 1 saturated heterocycles. The van der Waals surface area contributed by atoms with E-state index in [0.717, 1.165) is 44.1 Å². The summed E-state index contributed by atoms with van der Waals surface area (Å²) in [5, 5.41) is 11.9. The molecular formula is C18H22FN5O2. The largest absolute Gasteiger partial charge is 0.497 e. The van der Waals surface area contributed by atoms with Crippen molar-refractivity contribution >= 4 is 5.91 Å². The van der Waals surface area contributed by atoms with E-state index in [9.17, 15) is 9.18 Å². The first kappa shape index (κ1) is 17.0. The summed E-state index contributed by atoms with van der Waals surface area (Å²) in [5.74, 6) is 1.88. The van der Waals surface area contributed by atoms with Crippen LogP contribution in [0.2, 0.25) is 0 Å². The first-order valence-electron chi connectivity index (χ1n) is 8.93. The molecule has 0 aliphatic carbocycles. The number of rotatable bonds is 3. The number of piperidine rings is 1. The van der Waals surface area contributed by atoms with E-state index in [4.69, 9.17) is 4.74 Å². The number of carbonyl (C=O) groups is 1. The van der Waals surface area contributed by atoms with Gasteiger partial charge in [0.05, 0.1) is 19.2 Å². The van der Waals surface area contributed by atoms with E-state index in [-0.39, 0.29) is 11.5 Å². The van der Waals surface area contributed by atoms with Crippen molar-refractivity contribution in [2.45, 2.75) is 31.8 Å². The smallest absolute Gasteiger partial charge is 0.256 e. The molecule has 0 atom stereocenters. The second-order valence-electron chi connectivity index (χ2n) is 6.72. The van der Waals surface area contributed by atoms with Crippen molar-refractivity contribution in [1.29, 1.82) is 0 Å². The van der Waals surface area contributed by atoms with Crippen LogP contribution < -0.4 is 10.1 Å². The zero-order chi connectivity index (χ0) is 18.1. The predicted octanol–water partition coefficient (Wildman–Crippen LogP) is 1.55. The first-order chi connectivity index (χ1) is 12.7. The predicted molar refractivity (Wildman–Crippen MR) is 92.6 cm³/mol. The lowest BCUT2D eigenvalue weighted by Crippen LogP contribution is -2.39. The Morgan fingerprint density at radius 1 is 1.27 bits per heavy atom. The van der Waals surface area contributed by atoms with Crippen LogP contribution in [-0.2, 0) is 13.1 Å². The number of methoxy groups -OCH3 is 1. The number of halogens is 1. The molecule has 4 rings (SSSR count). The second kappa shape index (κ2) is 7.03. The summed E-state index contributed by atoms with van der Waals surface area (Å²) in [6, 6.07) is 4.35. The topological polar surface area (TPSA) is 72.3 Å². The van der Waals surface area contributed by atoms with Crippen LogP contribution in [0, 0.1) is 5.82 Å². The maximum absolute atomic E-state index is 14.2. The summed E-state index contributed by atoms with van der Waals surface area (Å²) in [6.07, 6.45) is 1.63. The zero-order valence-electron chi connectivity index (χ0n) is 14.7. The van der Waals surface area contributed by atoms with Crippen molar-refractivity contribution in [3.05, 3.63) is 41.2 Å². The quantitative estimate of drug-likeness (QED) is 0.900. The van der Waals surface area contributed by atoms with Crippen molar-refractivity contribution in [1.82, 2.24) is 25.0 Å². The maximum Gasteiger partial charge on any atom is 0.256 e. The number of carbonyl (C=O) groups excluding carboxylic acids is 1. The zero-order valence-corrected chi connectivity index (χ0v) is 14.7. The molecular weight excluding hydrogens is 337 g/mol. The number of benzene rings is 1. The highest BCUT2D eigenvalue weighted by molar-refractivity contribution is 5.94. The summed E-state index contributed by atoms with van der Waals surface area (Å²) in [6.45, 7) is 3.74. The fourth-order valence-corrected chi connectivity index (χ4v) is 3.72. The Morgan fingerprint density at radius 3 is 2.81 bits per heavy atom. The molecule has 7 nitrogen and oxygen atoms in total. The molecule has 2 aliphatic heterocycles. The third kappa shape index (κ3) is 3.05. The van der Waals surface area contributed by atoms with Crippen LogP contribution in [0.15, 0.2) is 18.2 Å². The van der Waals surface area contributed by atoms with Crippen LogP contribution in [0.1, 0.15) is 40.8 Å². The van der Waals surface area contributed by atoms with Gasteiger partial charge in [-0.3, -0.25) is 4.79 Å². The third-order valence-corrected chi connectivity index (χ3v) is 5.21. The summed E-state index contributed by atoms with van der Waals surface area (Å²) in [4.78, 5) is 14.4. The van der Waals surface area contributed by atoms with E-state index in [1.54, 1.807) is 11.0 Å². The number of fused-ring (bicyclic) bond motifs is 1. The van der Waals surface area contributed by atoms with Gasteiger partial charge >= 0.3 is 0 Å². The third-order valence-electron chi connectivity index (χ3n) is 5.21. The molecule has 138 valence electrons. The summed E-state index contributed by atoms with van der Waals surface area (Å²) in [7, 11) is 1.47. The van der Waals surface area contributed by atoms with Gasteiger partial charge < -0.3 is 19.5 Å². The monoisotopic (exact) mass is 359 g/mol. The van der Waals surface area contributed by atoms with Crippen molar-refractivity contribution in [2.24, 2.45) is 0 Å². The molecule has 0 bridgehead atoms. The summed E-state index contributed by atoms with van der Waals surface area (Å²) >= 11 is 0. The number of likely N-dealkylation sites (tertiary alicyclic amines) is 1. The summed E-state index contributed by atoms with van der Waals surface area (Å²) in [5.41, 5.74) is 0.0928. The van der Waals surface area contributed by atoms with Crippen molar-refractivity contribution in [3.8, 4) is 5.75 Å². The number of hydrogen-bond donors (Lipinski definition) is 1. The normalized spacial score (nSPS) is 17.8. The standard InChI is InChI=1S/C18H22FN5O2/c1-26-13-2-3-14(15(19)10-13)18(25)23-7-4-12(5-8-23)17-22-21-16-11-20-6-9-24(16)17/h2-3,10,12,20H,4-9,11H2,1H3. The molecule has 2 aliphatic rings. The molecule has 1 aromatic carbocycles. The minimum Gasteiger partial charge on any atom is -0.497 e. The molecule has 26 heavy (non-hydrogen) atoms. The molecule has 0 radical (unpaired) electrons. The molecule has 8 heteroatoms. The Kier molecular flexibility index (Phi) is 4.58. The molecule has 1 aromatic heterocycles. The lowest BCUT2D eigenvalue weighted by Gasteiger charge is -2.32. The fourth-order valence-electron chi connectivity index (χ4n) is 3.72. The van der Waals surface area contributed by atoms with Crippen LogP contribution >= 0.6 is 0 Å². The number of hydrogen-bond acceptors (Lipinski definition) is 5. The van der Waals surface area contributed by atoms with Gasteiger partial charge in [0.2, 0.25) is 0 Å². The Bertz CT molecular complexity index is 814. The SMILES string of the molecule is COc1ccc(C(=O)N2CCC(c3nnc4n3CCNC4)CC2)c(F)c1. The molecule has 3 heterocycles. The van der Waals surface area contributed by atoms with Gasteiger partial charge in [0, 0.05) is 38.2 Å². The molecule has 1 amide bonds. The van der Waals surface area contributed by atoms with Crippen molar-refractivity contribution in [2.75, 3.05) is 26.7 Å². The van der Waals surface area contributed by atoms with Crippen LogP contribution in [-0.4, -0.2) is 52.3 Å². The van der Waals surface area contributed by atoms with Gasteiger partial charge in [-0.15, -0.1) is 10.2 Å². The molecule has 0 spiro atoms. The lowest BCUT2D eigenvalue weighted by atomic mass is 9.95. The van der Waals surface area contributed by atoms with Gasteiger partial charge in [-0.25, -0.2) is 4.39 Å². The average molecular weight is 359 g/mol. The van der Waals surface area contributed by atoms with Gasteiger partial charge in [0.15, 0.2) is 0 Å². The van der Waals surface area contributed by atoms with Gasteiger partial charge in [0.25, 0.3) is 5.91 Å². The Morgan fingerprint density at radius 2 is 2.08 bits per heavy atom. The summed E-state index contributed by atoms with van der Waals surface area (Å²) < 4.78 is 21.4. The van der Waals surface area contributed by atoms with Gasteiger partial charge in [-0.2, -0.15) is 0 Å². The molecule has 2 aromatic rings. The van der Waals surface area contributed by atoms with Gasteiger partial charge in [-0.05, 0) is 25.0 Å². The number of ether oxygens (including phenoxy) is 1. The van der Waals surface area contributed by atoms with Crippen molar-refractivity contribution < 1.29 is 13.9 Å². The van der Waals surface area contributed by atoms with E-state index in [0.29, 0.717) is 24.8 Å². The average Bonchev–Trinajstić information content (AvgIpc) is 3.11. The highest BCUT2D eigenvalue weighted by Crippen LogP contribution is 2.29. The first-order valence-corrected chi connectivity index (χ1v) is 8.93. The Balaban J connectivity index is 1.43. The van der Waals surface area contributed by atoms with E-state index >= 15 is 0 Å². The molecule has 1 fully saturated rings. The number of amides is 1. The minimum absolute atomic E-state index is 0.0928.